The summed E-state index contributed by atoms with van der Waals surface area (Å²) in [7, 11) is 0. The fourth-order valence-electron chi connectivity index (χ4n) is 3.06. The minimum Gasteiger partial charge on any atom is -0.357 e. The Morgan fingerprint density at radius 3 is 3.16 bits per heavy atom. The highest BCUT2D eigenvalue weighted by Crippen LogP contribution is 2.34. The number of benzene rings is 1. The Labute approximate surface area is 116 Å². The van der Waals surface area contributed by atoms with E-state index < -0.39 is 0 Å². The van der Waals surface area contributed by atoms with Gasteiger partial charge >= 0.3 is 0 Å². The van der Waals surface area contributed by atoms with Crippen molar-refractivity contribution in [1.82, 2.24) is 15.3 Å². The minimum atomic E-state index is 0.513. The van der Waals surface area contributed by atoms with Crippen molar-refractivity contribution in [3.8, 4) is 0 Å². The van der Waals surface area contributed by atoms with Crippen LogP contribution in [0.2, 0.25) is 5.02 Å². The molecule has 0 saturated carbocycles. The van der Waals surface area contributed by atoms with Gasteiger partial charge in [-0.1, -0.05) is 24.6 Å². The molecule has 1 aromatic carbocycles. The Kier molecular flexibility index (Phi) is 2.34. The second-order valence-corrected chi connectivity index (χ2v) is 5.69. The highest BCUT2D eigenvalue weighted by Gasteiger charge is 2.22. The number of fused-ring (bicyclic) bond motifs is 5. The average molecular weight is 272 g/mol. The molecule has 0 saturated heterocycles. The maximum absolute atomic E-state index is 6.05. The third kappa shape index (κ3) is 1.58. The molecule has 1 unspecified atom stereocenters. The summed E-state index contributed by atoms with van der Waals surface area (Å²) in [4.78, 5) is 8.04. The Morgan fingerprint density at radius 1 is 1.37 bits per heavy atom. The van der Waals surface area contributed by atoms with Crippen LogP contribution in [0.15, 0.2) is 24.4 Å². The predicted molar refractivity (Wildman–Crippen MR) is 78.7 cm³/mol. The molecule has 2 N–H and O–H groups in total. The van der Waals surface area contributed by atoms with E-state index in [1.165, 1.54) is 22.0 Å². The standard InChI is InChI=1S/C15H14ClN3/c1-8-5-17-6-11-14-10-3-2-9(16)4-12(10)18-7-13(14)19-15(8)11/h2-4,7-8,17,19H,5-6H2,1H3. The topological polar surface area (TPSA) is 40.7 Å². The molecule has 0 bridgehead atoms. The van der Waals surface area contributed by atoms with E-state index >= 15 is 0 Å². The summed E-state index contributed by atoms with van der Waals surface area (Å²) in [5.74, 6) is 0.513. The van der Waals surface area contributed by atoms with Crippen molar-refractivity contribution >= 4 is 33.4 Å². The van der Waals surface area contributed by atoms with Crippen molar-refractivity contribution < 1.29 is 0 Å². The molecule has 1 aliphatic rings. The molecule has 19 heavy (non-hydrogen) atoms. The van der Waals surface area contributed by atoms with Crippen LogP contribution in [0.1, 0.15) is 24.1 Å². The number of nitrogens with one attached hydrogen (secondary N) is 2. The lowest BCUT2D eigenvalue weighted by Gasteiger charge is -2.20. The van der Waals surface area contributed by atoms with Crippen molar-refractivity contribution in [3.63, 3.8) is 0 Å². The molecule has 4 heteroatoms. The molecule has 3 nitrogen and oxygen atoms in total. The zero-order valence-electron chi connectivity index (χ0n) is 10.6. The van der Waals surface area contributed by atoms with Crippen LogP contribution in [0.4, 0.5) is 0 Å². The van der Waals surface area contributed by atoms with Gasteiger partial charge in [0.2, 0.25) is 0 Å². The molecule has 0 aliphatic carbocycles. The number of pyridine rings is 1. The van der Waals surface area contributed by atoms with Crippen LogP contribution in [0.25, 0.3) is 21.8 Å². The van der Waals surface area contributed by atoms with Crippen molar-refractivity contribution in [2.75, 3.05) is 6.54 Å². The summed E-state index contributed by atoms with van der Waals surface area (Å²) in [5.41, 5.74) is 4.80. The van der Waals surface area contributed by atoms with Crippen molar-refractivity contribution in [2.45, 2.75) is 19.4 Å². The van der Waals surface area contributed by atoms with E-state index in [0.717, 1.165) is 29.1 Å². The van der Waals surface area contributed by atoms with Crippen molar-refractivity contribution in [3.05, 3.63) is 40.7 Å². The molecule has 1 atom stereocenters. The van der Waals surface area contributed by atoms with Gasteiger partial charge in [0, 0.05) is 40.5 Å². The number of rotatable bonds is 0. The summed E-state index contributed by atoms with van der Waals surface area (Å²) in [6.45, 7) is 4.19. The van der Waals surface area contributed by atoms with Gasteiger partial charge in [-0.25, -0.2) is 0 Å². The average Bonchev–Trinajstić information content (AvgIpc) is 2.79. The molecule has 96 valence electrons. The monoisotopic (exact) mass is 271 g/mol. The first-order valence-corrected chi connectivity index (χ1v) is 6.91. The first-order valence-electron chi connectivity index (χ1n) is 6.53. The Hall–Kier alpha value is -1.58. The maximum Gasteiger partial charge on any atom is 0.0724 e. The van der Waals surface area contributed by atoms with Gasteiger partial charge in [-0.15, -0.1) is 0 Å². The zero-order valence-corrected chi connectivity index (χ0v) is 11.4. The molecule has 3 heterocycles. The molecule has 4 rings (SSSR count). The highest BCUT2D eigenvalue weighted by atomic mass is 35.5. The third-order valence-corrected chi connectivity index (χ3v) is 4.21. The zero-order chi connectivity index (χ0) is 13.0. The van der Waals surface area contributed by atoms with Gasteiger partial charge in [0.25, 0.3) is 0 Å². The molecule has 0 spiro atoms. The minimum absolute atomic E-state index is 0.513. The number of nitrogens with zero attached hydrogens (tertiary/aromatic N) is 1. The largest absolute Gasteiger partial charge is 0.357 e. The van der Waals surface area contributed by atoms with Gasteiger partial charge in [-0.05, 0) is 17.7 Å². The number of hydrogen-bond acceptors (Lipinski definition) is 2. The second-order valence-electron chi connectivity index (χ2n) is 5.26. The van der Waals surface area contributed by atoms with E-state index in [0.29, 0.717) is 5.92 Å². The summed E-state index contributed by atoms with van der Waals surface area (Å²) >= 11 is 6.05. The lowest BCUT2D eigenvalue weighted by Crippen LogP contribution is -2.26. The fraction of sp³-hybridized carbons (Fsp3) is 0.267. The first kappa shape index (κ1) is 11.3. The fourth-order valence-corrected chi connectivity index (χ4v) is 3.23. The molecular formula is C15H14ClN3. The molecule has 0 amide bonds. The van der Waals surface area contributed by atoms with Gasteiger partial charge < -0.3 is 10.3 Å². The number of hydrogen-bond donors (Lipinski definition) is 2. The maximum atomic E-state index is 6.05. The van der Waals surface area contributed by atoms with E-state index in [-0.39, 0.29) is 0 Å². The van der Waals surface area contributed by atoms with E-state index in [2.05, 4.69) is 28.3 Å². The lowest BCUT2D eigenvalue weighted by atomic mass is 9.97. The summed E-state index contributed by atoms with van der Waals surface area (Å²) in [6, 6.07) is 5.93. The highest BCUT2D eigenvalue weighted by molar-refractivity contribution is 6.31. The first-order chi connectivity index (χ1) is 9.24. The normalized spacial score (nSPS) is 18.9. The SMILES string of the molecule is CC1CNCc2c1[nH]c1cnc3cc(Cl)ccc3c21. The van der Waals surface area contributed by atoms with Crippen LogP contribution in [0, 0.1) is 0 Å². The van der Waals surface area contributed by atoms with E-state index in [9.17, 15) is 0 Å². The van der Waals surface area contributed by atoms with Crippen LogP contribution in [-0.4, -0.2) is 16.5 Å². The lowest BCUT2D eigenvalue weighted by molar-refractivity contribution is 0.565. The van der Waals surface area contributed by atoms with Crippen LogP contribution in [0.5, 0.6) is 0 Å². The van der Waals surface area contributed by atoms with Crippen LogP contribution in [0.3, 0.4) is 0 Å². The van der Waals surface area contributed by atoms with E-state index in [1.54, 1.807) is 0 Å². The molecule has 0 fully saturated rings. The summed E-state index contributed by atoms with van der Waals surface area (Å²) in [6.07, 6.45) is 1.92. The van der Waals surface area contributed by atoms with E-state index in [4.69, 9.17) is 11.6 Å². The third-order valence-electron chi connectivity index (χ3n) is 3.97. The molecule has 3 aromatic rings. The van der Waals surface area contributed by atoms with Gasteiger partial charge in [0.1, 0.15) is 0 Å². The summed E-state index contributed by atoms with van der Waals surface area (Å²) < 4.78 is 0. The Bertz CT molecular complexity index is 791. The predicted octanol–water partition coefficient (Wildman–Crippen LogP) is 3.58. The van der Waals surface area contributed by atoms with Gasteiger partial charge in [-0.3, -0.25) is 4.98 Å². The van der Waals surface area contributed by atoms with Crippen LogP contribution >= 0.6 is 11.6 Å². The summed E-state index contributed by atoms with van der Waals surface area (Å²) in [5, 5.41) is 6.67. The van der Waals surface area contributed by atoms with Gasteiger partial charge in [0.05, 0.1) is 17.2 Å². The Balaban J connectivity index is 2.15. The van der Waals surface area contributed by atoms with Gasteiger partial charge in [-0.2, -0.15) is 0 Å². The van der Waals surface area contributed by atoms with Crippen LogP contribution < -0.4 is 5.32 Å². The number of halogens is 1. The van der Waals surface area contributed by atoms with E-state index in [1.807, 2.05) is 18.3 Å². The second kappa shape index (κ2) is 3.95. The molecule has 2 aromatic heterocycles. The number of aromatic amines is 1. The van der Waals surface area contributed by atoms with Crippen LogP contribution in [-0.2, 0) is 6.54 Å². The van der Waals surface area contributed by atoms with Crippen molar-refractivity contribution in [2.24, 2.45) is 0 Å². The quantitative estimate of drug-likeness (QED) is 0.656. The molecular weight excluding hydrogens is 258 g/mol. The smallest absolute Gasteiger partial charge is 0.0724 e. The molecule has 1 aliphatic heterocycles. The van der Waals surface area contributed by atoms with Gasteiger partial charge in [0.15, 0.2) is 0 Å². The number of aromatic nitrogens is 2. The number of H-pyrrole nitrogens is 1. The molecule has 0 radical (unpaired) electrons. The Morgan fingerprint density at radius 2 is 2.26 bits per heavy atom. The van der Waals surface area contributed by atoms with Crippen molar-refractivity contribution in [1.29, 1.82) is 0 Å².